The molecule has 3 nitrogen and oxygen atoms in total. The summed E-state index contributed by atoms with van der Waals surface area (Å²) < 4.78 is 0. The average molecular weight is 1160 g/mol. The van der Waals surface area contributed by atoms with Gasteiger partial charge in [0.1, 0.15) is 0 Å². The Balaban J connectivity index is 1.14. The number of anilines is 8. The molecular weight excluding hydrogens is 1060 g/mol. The van der Waals surface area contributed by atoms with E-state index in [4.69, 9.17) is 0 Å². The molecule has 0 saturated heterocycles. The number of nitrogens with zero attached hydrogens (tertiary/aromatic N) is 3. The summed E-state index contributed by atoms with van der Waals surface area (Å²) in [6, 6.07) is 59.5. The molecule has 3 aliphatic carbocycles. The molecule has 0 N–H and O–H groups in total. The Hall–Kier alpha value is -6.78. The fourth-order valence-electron chi connectivity index (χ4n) is 18.0. The third-order valence-corrected chi connectivity index (χ3v) is 23.4. The van der Waals surface area contributed by atoms with Gasteiger partial charge in [-0.2, -0.15) is 0 Å². The molecule has 0 aromatic heterocycles. The van der Waals surface area contributed by atoms with E-state index in [1.54, 1.807) is 0 Å². The first-order chi connectivity index (χ1) is 41.1. The number of rotatable bonds is 5. The fraction of sp³-hybridized carbons (Fsp3) is 0.429. The van der Waals surface area contributed by atoms with Crippen LogP contribution in [0.4, 0.5) is 45.5 Å². The largest absolute Gasteiger partial charge is 0.334 e. The predicted molar refractivity (Wildman–Crippen MR) is 381 cm³/mol. The van der Waals surface area contributed by atoms with Crippen molar-refractivity contribution < 1.29 is 0 Å². The quantitative estimate of drug-likeness (QED) is 0.159. The monoisotopic (exact) mass is 1160 g/mol. The van der Waals surface area contributed by atoms with E-state index in [9.17, 15) is 0 Å². The lowest BCUT2D eigenvalue weighted by Gasteiger charge is -2.51. The third kappa shape index (κ3) is 8.76. The molecule has 2 atom stereocenters. The summed E-state index contributed by atoms with van der Waals surface area (Å²) in [4.78, 5) is 8.45. The van der Waals surface area contributed by atoms with Crippen LogP contribution >= 0.6 is 0 Å². The summed E-state index contributed by atoms with van der Waals surface area (Å²) in [5.41, 5.74) is 32.2. The predicted octanol–water partition coefficient (Wildman–Crippen LogP) is 21.4. The van der Waals surface area contributed by atoms with Crippen LogP contribution in [0.3, 0.4) is 0 Å². The molecule has 1 fully saturated rings. The van der Waals surface area contributed by atoms with Crippen LogP contribution in [0.15, 0.2) is 146 Å². The Morgan fingerprint density at radius 1 is 0.375 bits per heavy atom. The molecule has 3 heterocycles. The van der Waals surface area contributed by atoms with Crippen LogP contribution in [0.2, 0.25) is 0 Å². The first-order valence-corrected chi connectivity index (χ1v) is 33.7. The Bertz CT molecular complexity index is 4190. The molecule has 8 aromatic rings. The molecule has 88 heavy (non-hydrogen) atoms. The van der Waals surface area contributed by atoms with Crippen molar-refractivity contribution in [2.24, 2.45) is 0 Å². The van der Waals surface area contributed by atoms with Gasteiger partial charge in [-0.15, -0.1) is 0 Å². The van der Waals surface area contributed by atoms with Gasteiger partial charge >= 0.3 is 0 Å². The van der Waals surface area contributed by atoms with Crippen LogP contribution in [0, 0.1) is 6.92 Å². The van der Waals surface area contributed by atoms with Gasteiger partial charge in [0.2, 0.25) is 0 Å². The van der Waals surface area contributed by atoms with Gasteiger partial charge in [0, 0.05) is 50.8 Å². The average Bonchev–Trinajstić information content (AvgIpc) is 1.10. The number of aryl methyl sites for hydroxylation is 1. The molecule has 452 valence electrons. The normalized spacial score (nSPS) is 21.7. The van der Waals surface area contributed by atoms with Crippen LogP contribution in [-0.2, 0) is 43.3 Å². The second-order valence-corrected chi connectivity index (χ2v) is 34.4. The molecule has 2 unspecified atom stereocenters. The maximum absolute atomic E-state index is 2.88. The standard InChI is InChI=1S/C84H98BN3/c1-52-42-61-64(82(17,18)51-81(61,15)16)49-71(52)87-70-37-34-58(78(8,9)10)45-66(70)85-67-48-62-63(80(13,14)41-40-79(62,11)12)50-72(67)86(68-36-33-57(77(5,6)7)44-60(68)54-26-22-21-23-27-54)73-46-59(47-74(87)75(73)85)88-69-35-30-55(53-28-31-56(32-29-53)76(2,3)4)43-65(69)83(19)38-24-25-39-84(83,88)20/h21-23,26-37,42-50H,24-25,38-41,51H2,1-20H3. The van der Waals surface area contributed by atoms with Gasteiger partial charge < -0.3 is 14.7 Å². The maximum Gasteiger partial charge on any atom is 0.252 e. The summed E-state index contributed by atoms with van der Waals surface area (Å²) in [6.45, 7) is 48.9. The van der Waals surface area contributed by atoms with Crippen LogP contribution in [-0.4, -0.2) is 12.3 Å². The first kappa shape index (κ1) is 58.9. The number of hydrogen-bond donors (Lipinski definition) is 0. The van der Waals surface area contributed by atoms with Gasteiger partial charge in [0.05, 0.1) is 11.2 Å². The highest BCUT2D eigenvalue weighted by Gasteiger charge is 2.59. The van der Waals surface area contributed by atoms with Crippen molar-refractivity contribution in [2.45, 2.75) is 232 Å². The Morgan fingerprint density at radius 3 is 1.50 bits per heavy atom. The zero-order valence-electron chi connectivity index (χ0n) is 57.2. The highest BCUT2D eigenvalue weighted by Crippen LogP contribution is 2.63. The van der Waals surface area contributed by atoms with Crippen LogP contribution in [0.1, 0.15) is 227 Å². The minimum absolute atomic E-state index is 0.00110. The topological polar surface area (TPSA) is 9.72 Å². The van der Waals surface area contributed by atoms with Gasteiger partial charge in [-0.05, 0) is 222 Å². The molecule has 14 rings (SSSR count). The lowest BCUT2D eigenvalue weighted by atomic mass is 9.33. The molecule has 4 heteroatoms. The second-order valence-electron chi connectivity index (χ2n) is 34.4. The summed E-state index contributed by atoms with van der Waals surface area (Å²) in [6.07, 6.45) is 8.09. The van der Waals surface area contributed by atoms with E-state index in [1.807, 2.05) is 0 Å². The highest BCUT2D eigenvalue weighted by atomic mass is 15.3. The fourth-order valence-corrected chi connectivity index (χ4v) is 18.0. The minimum atomic E-state index is -0.212. The van der Waals surface area contributed by atoms with Crippen molar-refractivity contribution in [3.63, 3.8) is 0 Å². The van der Waals surface area contributed by atoms with Gasteiger partial charge in [-0.3, -0.25) is 0 Å². The van der Waals surface area contributed by atoms with Crippen LogP contribution < -0.4 is 31.1 Å². The minimum Gasteiger partial charge on any atom is -0.334 e. The number of hydrogen-bond acceptors (Lipinski definition) is 3. The third-order valence-electron chi connectivity index (χ3n) is 23.4. The molecule has 6 aliphatic rings. The molecular formula is C84H98BN3. The smallest absolute Gasteiger partial charge is 0.252 e. The molecule has 0 amide bonds. The lowest BCUT2D eigenvalue weighted by Crippen LogP contribution is -2.62. The summed E-state index contributed by atoms with van der Waals surface area (Å²) >= 11 is 0. The van der Waals surface area contributed by atoms with E-state index >= 15 is 0 Å². The van der Waals surface area contributed by atoms with Crippen LogP contribution in [0.25, 0.3) is 22.3 Å². The molecule has 0 bridgehead atoms. The number of fused-ring (bicyclic) bond motifs is 9. The second kappa shape index (κ2) is 19.1. The highest BCUT2D eigenvalue weighted by molar-refractivity contribution is 7.00. The molecule has 3 aliphatic heterocycles. The van der Waals surface area contributed by atoms with Gasteiger partial charge in [0.25, 0.3) is 6.71 Å². The molecule has 1 saturated carbocycles. The van der Waals surface area contributed by atoms with E-state index < -0.39 is 0 Å². The lowest BCUT2D eigenvalue weighted by molar-refractivity contribution is 0.195. The van der Waals surface area contributed by atoms with E-state index in [1.165, 1.54) is 147 Å². The number of benzene rings is 8. The van der Waals surface area contributed by atoms with Crippen molar-refractivity contribution >= 4 is 68.6 Å². The van der Waals surface area contributed by atoms with Crippen molar-refractivity contribution in [2.75, 3.05) is 14.7 Å². The summed E-state index contributed by atoms with van der Waals surface area (Å²) in [7, 11) is 0. The van der Waals surface area contributed by atoms with Crippen molar-refractivity contribution in [1.82, 2.24) is 0 Å². The van der Waals surface area contributed by atoms with Crippen molar-refractivity contribution in [3.8, 4) is 22.3 Å². The molecule has 0 radical (unpaired) electrons. The van der Waals surface area contributed by atoms with Crippen molar-refractivity contribution in [1.29, 1.82) is 0 Å². The van der Waals surface area contributed by atoms with E-state index in [0.717, 1.165) is 32.1 Å². The molecule has 8 aromatic carbocycles. The summed E-state index contributed by atoms with van der Waals surface area (Å²) in [5.74, 6) is 0. The SMILES string of the molecule is Cc1cc2c(cc1N1c3ccc(C(C)(C)C)cc3B3c4cc5c(cc4N(c4ccc(C(C)(C)C)cc4-c4ccccc4)c4cc(N6c7ccc(-c8ccc(C(C)(C)C)cc8)cc7C7(C)CCCCC67C)cc1c43)C(C)(C)CCC5(C)C)C(C)(C)CC2(C)C. The first-order valence-electron chi connectivity index (χ1n) is 33.7. The molecule has 0 spiro atoms. The Kier molecular flexibility index (Phi) is 12.8. The maximum atomic E-state index is 2.88. The van der Waals surface area contributed by atoms with E-state index in [-0.39, 0.29) is 55.6 Å². The zero-order chi connectivity index (χ0) is 62.6. The Morgan fingerprint density at radius 2 is 0.875 bits per heavy atom. The van der Waals surface area contributed by atoms with Gasteiger partial charge in [0.15, 0.2) is 0 Å². The summed E-state index contributed by atoms with van der Waals surface area (Å²) in [5, 5.41) is 0. The Labute approximate surface area is 530 Å². The van der Waals surface area contributed by atoms with Crippen molar-refractivity contribution in [3.05, 3.63) is 196 Å². The zero-order valence-corrected chi connectivity index (χ0v) is 57.2. The van der Waals surface area contributed by atoms with E-state index in [0.29, 0.717) is 0 Å². The van der Waals surface area contributed by atoms with Crippen LogP contribution in [0.5, 0.6) is 0 Å². The van der Waals surface area contributed by atoms with E-state index in [2.05, 4.69) is 299 Å². The van der Waals surface area contributed by atoms with Gasteiger partial charge in [-0.1, -0.05) is 228 Å². The van der Waals surface area contributed by atoms with Gasteiger partial charge in [-0.25, -0.2) is 0 Å².